The van der Waals surface area contributed by atoms with Gasteiger partial charge in [-0.1, -0.05) is 29.8 Å². The molecule has 0 aliphatic carbocycles. The highest BCUT2D eigenvalue weighted by atomic mass is 127. The topological polar surface area (TPSA) is 41.1 Å². The molecule has 18 heavy (non-hydrogen) atoms. The zero-order chi connectivity index (χ0) is 13.0. The summed E-state index contributed by atoms with van der Waals surface area (Å²) in [6.07, 6.45) is 0. The van der Waals surface area contributed by atoms with Crippen LogP contribution in [0.15, 0.2) is 48.5 Å². The number of nitrogens with one attached hydrogen (secondary N) is 2. The average Bonchev–Trinajstić information content (AvgIpc) is 2.32. The number of carbonyl (C=O) groups excluding carboxylic acids is 1. The maximum atomic E-state index is 11.8. The third kappa shape index (κ3) is 3.61. The number of amides is 2. The summed E-state index contributed by atoms with van der Waals surface area (Å²) in [7, 11) is 0. The number of para-hydroxylation sites is 1. The van der Waals surface area contributed by atoms with Crippen LogP contribution in [0.3, 0.4) is 0 Å². The molecule has 0 aliphatic heterocycles. The lowest BCUT2D eigenvalue weighted by atomic mass is 10.3. The standard InChI is InChI=1S/C13H10ClIN2O/c14-11-6-1-2-7-12(11)17-13(18)16-10-5-3-4-9(15)8-10/h1-8H,(H2,16,17,18). The lowest BCUT2D eigenvalue weighted by molar-refractivity contribution is 0.262. The normalized spacial score (nSPS) is 9.89. The lowest BCUT2D eigenvalue weighted by Crippen LogP contribution is -2.19. The van der Waals surface area contributed by atoms with Crippen LogP contribution in [0.4, 0.5) is 16.2 Å². The largest absolute Gasteiger partial charge is 0.323 e. The fourth-order valence-electron chi connectivity index (χ4n) is 1.41. The second-order valence-corrected chi connectivity index (χ2v) is 5.22. The van der Waals surface area contributed by atoms with E-state index in [0.29, 0.717) is 10.7 Å². The zero-order valence-electron chi connectivity index (χ0n) is 9.28. The molecule has 0 saturated heterocycles. The van der Waals surface area contributed by atoms with E-state index in [1.165, 1.54) is 0 Å². The molecule has 0 atom stereocenters. The molecule has 2 amide bonds. The number of benzene rings is 2. The Bertz CT molecular complexity index is 574. The maximum absolute atomic E-state index is 11.8. The van der Waals surface area contributed by atoms with E-state index in [1.54, 1.807) is 12.1 Å². The highest BCUT2D eigenvalue weighted by Gasteiger charge is 2.05. The van der Waals surface area contributed by atoms with E-state index in [0.717, 1.165) is 9.26 Å². The number of halogens is 2. The van der Waals surface area contributed by atoms with Crippen LogP contribution in [0.25, 0.3) is 0 Å². The molecule has 2 N–H and O–H groups in total. The number of hydrogen-bond donors (Lipinski definition) is 2. The van der Waals surface area contributed by atoms with Gasteiger partial charge in [-0.2, -0.15) is 0 Å². The fourth-order valence-corrected chi connectivity index (χ4v) is 2.14. The summed E-state index contributed by atoms with van der Waals surface area (Å²) >= 11 is 8.14. The van der Waals surface area contributed by atoms with E-state index in [-0.39, 0.29) is 6.03 Å². The van der Waals surface area contributed by atoms with Gasteiger partial charge in [0.15, 0.2) is 0 Å². The molecule has 0 spiro atoms. The molecule has 2 aromatic rings. The van der Waals surface area contributed by atoms with E-state index in [4.69, 9.17) is 11.6 Å². The van der Waals surface area contributed by atoms with Gasteiger partial charge in [-0.3, -0.25) is 0 Å². The molecule has 0 heterocycles. The molecule has 0 aliphatic rings. The van der Waals surface area contributed by atoms with Gasteiger partial charge in [0.1, 0.15) is 0 Å². The van der Waals surface area contributed by atoms with Crippen molar-refractivity contribution in [3.63, 3.8) is 0 Å². The highest BCUT2D eigenvalue weighted by molar-refractivity contribution is 14.1. The second-order valence-electron chi connectivity index (χ2n) is 3.57. The van der Waals surface area contributed by atoms with Gasteiger partial charge in [0, 0.05) is 9.26 Å². The second kappa shape index (κ2) is 6.06. The van der Waals surface area contributed by atoms with Crippen molar-refractivity contribution in [1.29, 1.82) is 0 Å². The molecule has 0 saturated carbocycles. The molecule has 92 valence electrons. The monoisotopic (exact) mass is 372 g/mol. The molecule has 0 unspecified atom stereocenters. The van der Waals surface area contributed by atoms with Crippen molar-refractivity contribution < 1.29 is 4.79 Å². The molecule has 0 aromatic heterocycles. The van der Waals surface area contributed by atoms with E-state index in [9.17, 15) is 4.79 Å². The minimum Gasteiger partial charge on any atom is -0.308 e. The smallest absolute Gasteiger partial charge is 0.308 e. The van der Waals surface area contributed by atoms with Crippen LogP contribution in [0.1, 0.15) is 0 Å². The number of carbonyl (C=O) groups is 1. The Kier molecular flexibility index (Phi) is 4.43. The third-order valence-electron chi connectivity index (χ3n) is 2.20. The molecule has 2 rings (SSSR count). The zero-order valence-corrected chi connectivity index (χ0v) is 12.2. The van der Waals surface area contributed by atoms with Crippen molar-refractivity contribution in [2.75, 3.05) is 10.6 Å². The Morgan fingerprint density at radius 3 is 2.56 bits per heavy atom. The Labute approximate surface area is 124 Å². The molecular weight excluding hydrogens is 363 g/mol. The maximum Gasteiger partial charge on any atom is 0.323 e. The van der Waals surface area contributed by atoms with E-state index in [2.05, 4.69) is 33.2 Å². The summed E-state index contributed by atoms with van der Waals surface area (Å²) in [6.45, 7) is 0. The van der Waals surface area contributed by atoms with E-state index >= 15 is 0 Å². The van der Waals surface area contributed by atoms with Gasteiger partial charge in [0.25, 0.3) is 0 Å². The number of rotatable bonds is 2. The van der Waals surface area contributed by atoms with Gasteiger partial charge in [-0.05, 0) is 52.9 Å². The van der Waals surface area contributed by atoms with Crippen LogP contribution >= 0.6 is 34.2 Å². The molecule has 0 radical (unpaired) electrons. The molecule has 5 heteroatoms. The minimum atomic E-state index is -0.315. The predicted molar refractivity (Wildman–Crippen MR) is 83.3 cm³/mol. The van der Waals surface area contributed by atoms with Crippen molar-refractivity contribution >= 4 is 51.6 Å². The van der Waals surface area contributed by atoms with Crippen LogP contribution in [-0.2, 0) is 0 Å². The lowest BCUT2D eigenvalue weighted by Gasteiger charge is -2.08. The van der Waals surface area contributed by atoms with Crippen molar-refractivity contribution in [3.8, 4) is 0 Å². The Hall–Kier alpha value is -1.27. The van der Waals surface area contributed by atoms with Gasteiger partial charge >= 0.3 is 6.03 Å². The first kappa shape index (κ1) is 13.2. The van der Waals surface area contributed by atoms with Crippen LogP contribution in [0, 0.1) is 3.57 Å². The summed E-state index contributed by atoms with van der Waals surface area (Å²) in [6, 6.07) is 14.3. The van der Waals surface area contributed by atoms with E-state index < -0.39 is 0 Å². The summed E-state index contributed by atoms with van der Waals surface area (Å²) in [5, 5.41) is 5.95. The van der Waals surface area contributed by atoms with Crippen molar-refractivity contribution in [2.45, 2.75) is 0 Å². The summed E-state index contributed by atoms with van der Waals surface area (Å²) in [5.74, 6) is 0. The first-order valence-electron chi connectivity index (χ1n) is 5.23. The summed E-state index contributed by atoms with van der Waals surface area (Å²) < 4.78 is 1.06. The number of hydrogen-bond acceptors (Lipinski definition) is 1. The Balaban J connectivity index is 2.03. The van der Waals surface area contributed by atoms with Gasteiger partial charge in [0.05, 0.1) is 10.7 Å². The van der Waals surface area contributed by atoms with Crippen LogP contribution < -0.4 is 10.6 Å². The predicted octanol–water partition coefficient (Wildman–Crippen LogP) is 4.59. The summed E-state index contributed by atoms with van der Waals surface area (Å²) in [5.41, 5.74) is 1.33. The number of urea groups is 1. The van der Waals surface area contributed by atoms with Gasteiger partial charge < -0.3 is 10.6 Å². The van der Waals surface area contributed by atoms with Crippen LogP contribution in [0.2, 0.25) is 5.02 Å². The highest BCUT2D eigenvalue weighted by Crippen LogP contribution is 2.20. The Morgan fingerprint density at radius 2 is 1.83 bits per heavy atom. The van der Waals surface area contributed by atoms with Crippen LogP contribution in [0.5, 0.6) is 0 Å². The Morgan fingerprint density at radius 1 is 1.06 bits per heavy atom. The van der Waals surface area contributed by atoms with E-state index in [1.807, 2.05) is 36.4 Å². The molecular formula is C13H10ClIN2O. The van der Waals surface area contributed by atoms with Crippen molar-refractivity contribution in [1.82, 2.24) is 0 Å². The quantitative estimate of drug-likeness (QED) is 0.744. The van der Waals surface area contributed by atoms with Gasteiger partial charge in [-0.15, -0.1) is 0 Å². The molecule has 0 bridgehead atoms. The first-order chi connectivity index (χ1) is 8.65. The summed E-state index contributed by atoms with van der Waals surface area (Å²) in [4.78, 5) is 11.8. The molecule has 3 nitrogen and oxygen atoms in total. The number of anilines is 2. The third-order valence-corrected chi connectivity index (χ3v) is 3.21. The van der Waals surface area contributed by atoms with Gasteiger partial charge in [-0.25, -0.2) is 4.79 Å². The first-order valence-corrected chi connectivity index (χ1v) is 6.69. The molecule has 0 fully saturated rings. The SMILES string of the molecule is O=C(Nc1cccc(I)c1)Nc1ccccc1Cl. The fraction of sp³-hybridized carbons (Fsp3) is 0. The minimum absolute atomic E-state index is 0.315. The molecule has 2 aromatic carbocycles. The van der Waals surface area contributed by atoms with Gasteiger partial charge in [0.2, 0.25) is 0 Å². The van der Waals surface area contributed by atoms with Crippen molar-refractivity contribution in [2.24, 2.45) is 0 Å². The van der Waals surface area contributed by atoms with Crippen LogP contribution in [-0.4, -0.2) is 6.03 Å². The van der Waals surface area contributed by atoms with Crippen molar-refractivity contribution in [3.05, 3.63) is 57.1 Å². The average molecular weight is 373 g/mol.